The van der Waals surface area contributed by atoms with Gasteiger partial charge >= 0.3 is 0 Å². The van der Waals surface area contributed by atoms with Crippen molar-refractivity contribution in [2.75, 3.05) is 0 Å². The molecule has 33 heavy (non-hydrogen) atoms. The van der Waals surface area contributed by atoms with Crippen LogP contribution in [0.3, 0.4) is 0 Å². The Kier molecular flexibility index (Phi) is 6.41. The third-order valence-electron chi connectivity index (χ3n) is 5.75. The van der Waals surface area contributed by atoms with Gasteiger partial charge in [-0.2, -0.15) is 5.10 Å². The van der Waals surface area contributed by atoms with E-state index in [-0.39, 0.29) is 23.9 Å². The average molecular weight is 484 g/mol. The lowest BCUT2D eigenvalue weighted by Gasteiger charge is -2.17. The molecule has 172 valence electrons. The van der Waals surface area contributed by atoms with E-state index in [0.29, 0.717) is 38.5 Å². The van der Waals surface area contributed by atoms with Crippen LogP contribution in [0.25, 0.3) is 21.9 Å². The maximum absolute atomic E-state index is 13.6. The van der Waals surface area contributed by atoms with Crippen LogP contribution >= 0.6 is 22.9 Å². The Hall–Kier alpha value is -2.97. The van der Waals surface area contributed by atoms with Crippen LogP contribution in [0.5, 0.6) is 0 Å². The molecule has 7 nitrogen and oxygen atoms in total. The molecular weight excluding hydrogens is 458 g/mol. The van der Waals surface area contributed by atoms with Gasteiger partial charge in [-0.3, -0.25) is 14.0 Å². The first-order chi connectivity index (χ1) is 15.7. The molecule has 0 bridgehead atoms. The summed E-state index contributed by atoms with van der Waals surface area (Å²) in [5.41, 5.74) is 3.62. The number of hydrogen-bond acceptors (Lipinski definition) is 5. The van der Waals surface area contributed by atoms with Crippen LogP contribution in [0.15, 0.2) is 40.5 Å². The predicted octanol–water partition coefficient (Wildman–Crippen LogP) is 4.58. The van der Waals surface area contributed by atoms with Gasteiger partial charge in [0.05, 0.1) is 23.4 Å². The van der Waals surface area contributed by atoms with Crippen LogP contribution in [0.4, 0.5) is 0 Å². The molecule has 0 aliphatic carbocycles. The van der Waals surface area contributed by atoms with E-state index in [4.69, 9.17) is 11.6 Å². The number of hydrogen-bond donors (Lipinski definition) is 1. The number of halogens is 1. The van der Waals surface area contributed by atoms with Gasteiger partial charge in [-0.05, 0) is 51.0 Å². The van der Waals surface area contributed by atoms with E-state index in [1.165, 1.54) is 15.7 Å². The summed E-state index contributed by atoms with van der Waals surface area (Å²) in [7, 11) is 0. The van der Waals surface area contributed by atoms with E-state index in [9.17, 15) is 9.59 Å². The van der Waals surface area contributed by atoms with Crippen LogP contribution in [0.2, 0.25) is 5.02 Å². The van der Waals surface area contributed by atoms with Gasteiger partial charge in [0, 0.05) is 27.8 Å². The maximum atomic E-state index is 13.6. The van der Waals surface area contributed by atoms with E-state index in [1.807, 2.05) is 43.5 Å². The van der Waals surface area contributed by atoms with E-state index in [0.717, 1.165) is 11.4 Å². The highest BCUT2D eigenvalue weighted by Crippen LogP contribution is 2.24. The van der Waals surface area contributed by atoms with E-state index in [2.05, 4.69) is 29.2 Å². The summed E-state index contributed by atoms with van der Waals surface area (Å²) in [6, 6.07) is 9.30. The number of aromatic nitrogens is 4. The van der Waals surface area contributed by atoms with Crippen molar-refractivity contribution in [1.29, 1.82) is 0 Å². The second-order valence-electron chi connectivity index (χ2n) is 8.56. The van der Waals surface area contributed by atoms with Crippen LogP contribution in [0, 0.1) is 19.8 Å². The molecule has 0 saturated carbocycles. The fraction of sp³-hybridized carbons (Fsp3) is 0.333. The van der Waals surface area contributed by atoms with Crippen LogP contribution in [0.1, 0.15) is 37.9 Å². The van der Waals surface area contributed by atoms with Crippen molar-refractivity contribution < 1.29 is 4.79 Å². The SMILES string of the molecule is Cc1nc2scc(CC(=O)N[C@@H](C)C(C)C)n2c(=O)c1-c1cc(C)n(-c2cccc(Cl)c2)n1. The molecule has 1 atom stereocenters. The van der Waals surface area contributed by atoms with Crippen LogP contribution in [-0.2, 0) is 11.2 Å². The summed E-state index contributed by atoms with van der Waals surface area (Å²) < 4.78 is 3.28. The predicted molar refractivity (Wildman–Crippen MR) is 133 cm³/mol. The van der Waals surface area contributed by atoms with Gasteiger partial charge in [0.25, 0.3) is 5.56 Å². The number of carbonyl (C=O) groups excluding carboxylic acids is 1. The van der Waals surface area contributed by atoms with E-state index >= 15 is 0 Å². The maximum Gasteiger partial charge on any atom is 0.268 e. The molecule has 3 heterocycles. The van der Waals surface area contributed by atoms with Gasteiger partial charge in [-0.15, -0.1) is 11.3 Å². The molecule has 0 radical (unpaired) electrons. The highest BCUT2D eigenvalue weighted by atomic mass is 35.5. The summed E-state index contributed by atoms with van der Waals surface area (Å²) in [6.45, 7) is 9.81. The molecule has 3 aromatic heterocycles. The zero-order valence-electron chi connectivity index (χ0n) is 19.2. The van der Waals surface area contributed by atoms with Crippen molar-refractivity contribution in [1.82, 2.24) is 24.5 Å². The number of benzene rings is 1. The molecule has 4 rings (SSSR count). The fourth-order valence-corrected chi connectivity index (χ4v) is 4.74. The standard InChI is InChI=1S/C24H26ClN5O2S/c1-13(2)15(4)26-21(31)11-19-12-33-24-27-16(5)22(23(32)29(19)24)20-9-14(3)30(28-20)18-8-6-7-17(25)10-18/h6-10,12-13,15H,11H2,1-5H3,(H,26,31)/t15-/m0/s1. The molecule has 4 aromatic rings. The Morgan fingerprint density at radius 1 is 1.21 bits per heavy atom. The Bertz CT molecular complexity index is 1400. The quantitative estimate of drug-likeness (QED) is 0.435. The normalized spacial score (nSPS) is 12.5. The molecule has 0 spiro atoms. The summed E-state index contributed by atoms with van der Waals surface area (Å²) in [5.74, 6) is 0.204. The zero-order valence-corrected chi connectivity index (χ0v) is 20.8. The van der Waals surface area contributed by atoms with Crippen LogP contribution < -0.4 is 10.9 Å². The Morgan fingerprint density at radius 2 is 1.97 bits per heavy atom. The third kappa shape index (κ3) is 4.58. The topological polar surface area (TPSA) is 81.3 Å². The number of thiazole rings is 1. The Balaban J connectivity index is 1.76. The number of nitrogens with one attached hydrogen (secondary N) is 1. The highest BCUT2D eigenvalue weighted by molar-refractivity contribution is 7.15. The summed E-state index contributed by atoms with van der Waals surface area (Å²) in [6.07, 6.45) is 0.108. The van der Waals surface area contributed by atoms with Crippen LogP contribution in [-0.4, -0.2) is 31.1 Å². The van der Waals surface area contributed by atoms with E-state index in [1.54, 1.807) is 17.7 Å². The van der Waals surface area contributed by atoms with Crippen molar-refractivity contribution >= 4 is 33.8 Å². The number of amides is 1. The molecule has 0 aliphatic heterocycles. The summed E-state index contributed by atoms with van der Waals surface area (Å²) in [5, 5.41) is 10.1. The van der Waals surface area contributed by atoms with Gasteiger partial charge in [-0.25, -0.2) is 9.67 Å². The van der Waals surface area contributed by atoms with Gasteiger partial charge in [0.2, 0.25) is 5.91 Å². The molecule has 0 unspecified atom stereocenters. The lowest BCUT2D eigenvalue weighted by molar-refractivity contribution is -0.121. The first-order valence-corrected chi connectivity index (χ1v) is 12.0. The number of rotatable bonds is 6. The molecule has 0 fully saturated rings. The molecular formula is C24H26ClN5O2S. The van der Waals surface area contributed by atoms with Gasteiger partial charge < -0.3 is 5.32 Å². The van der Waals surface area contributed by atoms with Crippen molar-refractivity contribution in [3.05, 3.63) is 68.2 Å². The first-order valence-electron chi connectivity index (χ1n) is 10.8. The Morgan fingerprint density at radius 3 is 2.67 bits per heavy atom. The number of fused-ring (bicyclic) bond motifs is 1. The Labute approximate surface area is 201 Å². The van der Waals surface area contributed by atoms with Gasteiger partial charge in [0.1, 0.15) is 5.69 Å². The smallest absolute Gasteiger partial charge is 0.268 e. The molecule has 0 aliphatic rings. The number of carbonyl (C=O) groups is 1. The molecule has 0 saturated heterocycles. The lowest BCUT2D eigenvalue weighted by atomic mass is 10.1. The summed E-state index contributed by atoms with van der Waals surface area (Å²) >= 11 is 7.50. The number of nitrogens with zero attached hydrogens (tertiary/aromatic N) is 4. The first kappa shape index (κ1) is 23.2. The average Bonchev–Trinajstić information content (AvgIpc) is 3.31. The van der Waals surface area contributed by atoms with Gasteiger partial charge in [0.15, 0.2) is 4.96 Å². The van der Waals surface area contributed by atoms with Crippen molar-refractivity contribution in [3.8, 4) is 16.9 Å². The monoisotopic (exact) mass is 483 g/mol. The molecule has 9 heteroatoms. The molecule has 1 amide bonds. The number of aryl methyl sites for hydroxylation is 2. The van der Waals surface area contributed by atoms with Crippen molar-refractivity contribution in [2.24, 2.45) is 5.92 Å². The minimum atomic E-state index is -0.228. The summed E-state index contributed by atoms with van der Waals surface area (Å²) in [4.78, 5) is 31.3. The second kappa shape index (κ2) is 9.11. The zero-order chi connectivity index (χ0) is 23.9. The molecule has 1 N–H and O–H groups in total. The minimum Gasteiger partial charge on any atom is -0.353 e. The van der Waals surface area contributed by atoms with Crippen molar-refractivity contribution in [3.63, 3.8) is 0 Å². The van der Waals surface area contributed by atoms with Gasteiger partial charge in [-0.1, -0.05) is 31.5 Å². The molecule has 1 aromatic carbocycles. The minimum absolute atomic E-state index is 0.0495. The largest absolute Gasteiger partial charge is 0.353 e. The van der Waals surface area contributed by atoms with E-state index < -0.39 is 0 Å². The lowest BCUT2D eigenvalue weighted by Crippen LogP contribution is -2.37. The third-order valence-corrected chi connectivity index (χ3v) is 6.86. The second-order valence-corrected chi connectivity index (χ2v) is 9.83. The highest BCUT2D eigenvalue weighted by Gasteiger charge is 2.20. The van der Waals surface area contributed by atoms with Crippen molar-refractivity contribution in [2.45, 2.75) is 47.1 Å². The fourth-order valence-electron chi connectivity index (χ4n) is 3.63.